The molecule has 0 aliphatic rings. The molecule has 2 aromatic carbocycles. The number of methoxy groups -OCH3 is 1. The maximum absolute atomic E-state index is 15.0. The van der Waals surface area contributed by atoms with Gasteiger partial charge in [-0.05, 0) is 25.1 Å². The van der Waals surface area contributed by atoms with Crippen LogP contribution in [0.2, 0.25) is 5.02 Å². The first-order valence-corrected chi connectivity index (χ1v) is 10.8. The van der Waals surface area contributed by atoms with Crippen LogP contribution in [-0.4, -0.2) is 45.1 Å². The third-order valence-electron chi connectivity index (χ3n) is 5.11. The monoisotopic (exact) mass is 526 g/mol. The molecule has 0 saturated carbocycles. The number of anilines is 1. The first-order chi connectivity index (χ1) is 17.2. The molecule has 0 bridgehead atoms. The highest BCUT2D eigenvalue weighted by atomic mass is 35.5. The molecule has 36 heavy (non-hydrogen) atoms. The van der Waals surface area contributed by atoms with Crippen LogP contribution in [0.15, 0.2) is 30.9 Å². The van der Waals surface area contributed by atoms with Gasteiger partial charge in [-0.2, -0.15) is 13.5 Å². The average molecular weight is 527 g/mol. The number of nitrogen functional groups attached to an aromatic ring is 1. The number of hydrogen-bond acceptors (Lipinski definition) is 8. The van der Waals surface area contributed by atoms with Gasteiger partial charge in [0.15, 0.2) is 29.2 Å². The van der Waals surface area contributed by atoms with Crippen LogP contribution in [0.25, 0.3) is 22.0 Å². The highest BCUT2D eigenvalue weighted by Gasteiger charge is 2.25. The zero-order valence-electron chi connectivity index (χ0n) is 18.9. The van der Waals surface area contributed by atoms with Gasteiger partial charge in [0.05, 0.1) is 17.5 Å². The molecule has 4 rings (SSSR count). The van der Waals surface area contributed by atoms with E-state index in [1.807, 2.05) is 0 Å². The number of rotatable bonds is 9. The van der Waals surface area contributed by atoms with Crippen molar-refractivity contribution < 1.29 is 31.8 Å². The number of halogens is 5. The minimum Gasteiger partial charge on any atom is -0.487 e. The Labute approximate surface area is 206 Å². The highest BCUT2D eigenvalue weighted by Crippen LogP contribution is 2.45. The molecule has 0 spiro atoms. The summed E-state index contributed by atoms with van der Waals surface area (Å²) in [5.74, 6) is -1.91. The van der Waals surface area contributed by atoms with Crippen molar-refractivity contribution in [2.45, 2.75) is 19.6 Å². The summed E-state index contributed by atoms with van der Waals surface area (Å²) < 4.78 is 72.0. The second-order valence-corrected chi connectivity index (χ2v) is 7.80. The Kier molecular flexibility index (Phi) is 7.40. The van der Waals surface area contributed by atoms with Gasteiger partial charge in [0.1, 0.15) is 35.9 Å². The van der Waals surface area contributed by atoms with E-state index in [-0.39, 0.29) is 58.4 Å². The van der Waals surface area contributed by atoms with Gasteiger partial charge in [0.2, 0.25) is 0 Å². The zero-order valence-corrected chi connectivity index (χ0v) is 19.6. The van der Waals surface area contributed by atoms with E-state index in [4.69, 9.17) is 31.5 Å². The molecule has 2 heterocycles. The molecular formula is C22H19ClF4N6O3. The van der Waals surface area contributed by atoms with Gasteiger partial charge in [-0.25, -0.2) is 23.7 Å². The number of fused-ring (bicyclic) bond motifs is 1. The van der Waals surface area contributed by atoms with E-state index in [0.717, 1.165) is 18.7 Å². The van der Waals surface area contributed by atoms with Crippen LogP contribution in [0.4, 0.5) is 23.4 Å². The summed E-state index contributed by atoms with van der Waals surface area (Å²) >= 11 is 5.80. The van der Waals surface area contributed by atoms with Crippen LogP contribution in [0, 0.1) is 11.6 Å². The highest BCUT2D eigenvalue weighted by molar-refractivity contribution is 6.31. The largest absolute Gasteiger partial charge is 0.487 e. The third kappa shape index (κ3) is 4.84. The van der Waals surface area contributed by atoms with Gasteiger partial charge in [-0.15, -0.1) is 5.10 Å². The maximum Gasteiger partial charge on any atom is 0.334 e. The van der Waals surface area contributed by atoms with Crippen molar-refractivity contribution in [3.63, 3.8) is 0 Å². The van der Waals surface area contributed by atoms with Crippen LogP contribution in [0.3, 0.4) is 0 Å². The van der Waals surface area contributed by atoms with Crippen molar-refractivity contribution in [2.24, 2.45) is 0 Å². The minimum absolute atomic E-state index is 0.0393. The third-order valence-corrected chi connectivity index (χ3v) is 5.46. The van der Waals surface area contributed by atoms with Gasteiger partial charge in [-0.3, -0.25) is 0 Å². The summed E-state index contributed by atoms with van der Waals surface area (Å²) in [7, 11) is 1.47. The Morgan fingerprint density at radius 1 is 1.11 bits per heavy atom. The molecule has 0 saturated heterocycles. The molecule has 9 nitrogen and oxygen atoms in total. The van der Waals surface area contributed by atoms with Gasteiger partial charge in [-0.1, -0.05) is 11.6 Å². The normalized spacial score (nSPS) is 12.3. The van der Waals surface area contributed by atoms with Gasteiger partial charge in [0, 0.05) is 18.2 Å². The molecular weight excluding hydrogens is 508 g/mol. The van der Waals surface area contributed by atoms with E-state index in [0.29, 0.717) is 4.68 Å². The van der Waals surface area contributed by atoms with E-state index in [2.05, 4.69) is 20.1 Å². The number of benzene rings is 2. The second kappa shape index (κ2) is 10.5. The summed E-state index contributed by atoms with van der Waals surface area (Å²) in [5, 5.41) is 3.16. The molecule has 0 aliphatic heterocycles. The number of nitrogens with two attached hydrogens (primary N) is 1. The molecule has 0 amide bonds. The van der Waals surface area contributed by atoms with Crippen LogP contribution < -0.4 is 15.2 Å². The molecule has 0 fully saturated rings. The number of ether oxygens (including phenoxy) is 3. The van der Waals surface area contributed by atoms with Crippen molar-refractivity contribution >= 4 is 28.3 Å². The lowest BCUT2D eigenvalue weighted by Crippen LogP contribution is -2.11. The van der Waals surface area contributed by atoms with Gasteiger partial charge in [0.25, 0.3) is 0 Å². The first-order valence-electron chi connectivity index (χ1n) is 10.4. The second-order valence-electron chi connectivity index (χ2n) is 7.42. The van der Waals surface area contributed by atoms with Crippen molar-refractivity contribution in [3.8, 4) is 22.6 Å². The Morgan fingerprint density at radius 3 is 2.58 bits per heavy atom. The SMILES string of the molecule is COCCOc1cc(-c2ccc(F)c(Cl)c2F)c2ncnc(N)c2c1O[C@H](C)c1ncn(C(F)F)n1. The standard InChI is InChI=1S/C22H19ClF4N6O3/c1-10(21-31-9-33(32-21)22(26)27)36-19-14(35-6-5-34-2)7-12(18-15(19)20(28)30-8-29-18)11-3-4-13(24)16(23)17(11)25/h3-4,7-10,22H,5-6H2,1-2H3,(H2,28,29,30)/t10-/m1/s1. The smallest absolute Gasteiger partial charge is 0.334 e. The van der Waals surface area contributed by atoms with Crippen molar-refractivity contribution in [2.75, 3.05) is 26.1 Å². The number of nitrogens with zero attached hydrogens (tertiary/aromatic N) is 5. The van der Waals surface area contributed by atoms with Crippen LogP contribution in [0.1, 0.15) is 25.4 Å². The lowest BCUT2D eigenvalue weighted by Gasteiger charge is -2.20. The lowest BCUT2D eigenvalue weighted by atomic mass is 10.00. The zero-order chi connectivity index (χ0) is 26.0. The predicted octanol–water partition coefficient (Wildman–Crippen LogP) is 4.96. The van der Waals surface area contributed by atoms with E-state index in [9.17, 15) is 17.6 Å². The number of aromatic nitrogens is 5. The Hall–Kier alpha value is -3.71. The summed E-state index contributed by atoms with van der Waals surface area (Å²) in [6.45, 7) is -1.10. The summed E-state index contributed by atoms with van der Waals surface area (Å²) in [4.78, 5) is 12.1. The van der Waals surface area contributed by atoms with Gasteiger partial charge >= 0.3 is 6.55 Å². The lowest BCUT2D eigenvalue weighted by molar-refractivity contribution is 0.0550. The predicted molar refractivity (Wildman–Crippen MR) is 122 cm³/mol. The van der Waals surface area contributed by atoms with E-state index >= 15 is 0 Å². The van der Waals surface area contributed by atoms with Crippen LogP contribution in [0.5, 0.6) is 11.5 Å². The fraction of sp³-hybridized carbons (Fsp3) is 0.273. The molecule has 1 atom stereocenters. The van der Waals surface area contributed by atoms with Crippen molar-refractivity contribution in [3.05, 3.63) is 53.3 Å². The summed E-state index contributed by atoms with van der Waals surface area (Å²) in [5.41, 5.74) is 6.40. The fourth-order valence-electron chi connectivity index (χ4n) is 3.41. The Morgan fingerprint density at radius 2 is 1.89 bits per heavy atom. The minimum atomic E-state index is -2.88. The van der Waals surface area contributed by atoms with E-state index in [1.165, 1.54) is 26.2 Å². The molecule has 2 N–H and O–H groups in total. The first kappa shape index (κ1) is 25.4. The molecule has 190 valence electrons. The molecule has 0 unspecified atom stereocenters. The van der Waals surface area contributed by atoms with Crippen molar-refractivity contribution in [1.29, 1.82) is 0 Å². The molecule has 0 aliphatic carbocycles. The fourth-order valence-corrected chi connectivity index (χ4v) is 3.58. The summed E-state index contributed by atoms with van der Waals surface area (Å²) in [6.07, 6.45) is 1.09. The molecule has 0 radical (unpaired) electrons. The topological polar surface area (TPSA) is 110 Å². The number of hydrogen-bond donors (Lipinski definition) is 1. The Bertz CT molecular complexity index is 1400. The van der Waals surface area contributed by atoms with Crippen LogP contribution in [-0.2, 0) is 4.74 Å². The van der Waals surface area contributed by atoms with Crippen molar-refractivity contribution in [1.82, 2.24) is 24.7 Å². The summed E-state index contributed by atoms with van der Waals surface area (Å²) in [6, 6.07) is 3.64. The van der Waals surface area contributed by atoms with Crippen LogP contribution >= 0.6 is 11.6 Å². The quantitative estimate of drug-likeness (QED) is 0.185. The number of alkyl halides is 2. The Balaban J connectivity index is 1.90. The molecule has 2 aromatic heterocycles. The molecule has 14 heteroatoms. The molecule has 4 aromatic rings. The van der Waals surface area contributed by atoms with E-state index in [1.54, 1.807) is 0 Å². The average Bonchev–Trinajstić information content (AvgIpc) is 3.35. The van der Waals surface area contributed by atoms with E-state index < -0.39 is 29.3 Å². The maximum atomic E-state index is 15.0. The van der Waals surface area contributed by atoms with Gasteiger partial charge < -0.3 is 19.9 Å².